The SMILES string of the molecule is Cn1cc(-c2ccc(C(=O)N3CCCCC3)cc2Cl)nc1-c1ccnc(NS(C)(=O)=O)c1. The lowest BCUT2D eigenvalue weighted by Crippen LogP contribution is -2.35. The number of sulfonamides is 1. The van der Waals surface area contributed by atoms with Crippen molar-refractivity contribution in [3.63, 3.8) is 0 Å². The summed E-state index contributed by atoms with van der Waals surface area (Å²) in [4.78, 5) is 23.4. The number of rotatable bonds is 5. The lowest BCUT2D eigenvalue weighted by Gasteiger charge is -2.26. The molecular formula is C22H24ClN5O3S. The maximum atomic E-state index is 12.8. The second-order valence-corrected chi connectivity index (χ2v) is 10.1. The van der Waals surface area contributed by atoms with Gasteiger partial charge in [-0.15, -0.1) is 0 Å². The maximum absolute atomic E-state index is 12.8. The Morgan fingerprint density at radius 1 is 1.12 bits per heavy atom. The normalized spacial score (nSPS) is 14.4. The van der Waals surface area contributed by atoms with Gasteiger partial charge in [0.1, 0.15) is 11.6 Å². The topological polar surface area (TPSA) is 97.2 Å². The van der Waals surface area contributed by atoms with Crippen LogP contribution in [0.25, 0.3) is 22.6 Å². The van der Waals surface area contributed by atoms with Crippen LogP contribution in [-0.2, 0) is 17.1 Å². The molecule has 0 saturated carbocycles. The van der Waals surface area contributed by atoms with E-state index in [1.165, 1.54) is 6.20 Å². The molecule has 2 aromatic heterocycles. The molecule has 8 nitrogen and oxygen atoms in total. The van der Waals surface area contributed by atoms with E-state index < -0.39 is 10.0 Å². The molecular weight excluding hydrogens is 450 g/mol. The number of carbonyl (C=O) groups is 1. The molecule has 0 unspecified atom stereocenters. The van der Waals surface area contributed by atoms with E-state index in [-0.39, 0.29) is 11.7 Å². The fourth-order valence-corrected chi connectivity index (χ4v) is 4.58. The van der Waals surface area contributed by atoms with Crippen molar-refractivity contribution in [2.45, 2.75) is 19.3 Å². The van der Waals surface area contributed by atoms with E-state index in [2.05, 4.69) is 9.71 Å². The smallest absolute Gasteiger partial charge is 0.253 e. The number of carbonyl (C=O) groups excluding carboxylic acids is 1. The zero-order chi connectivity index (χ0) is 22.9. The quantitative estimate of drug-likeness (QED) is 0.607. The van der Waals surface area contributed by atoms with Crippen molar-refractivity contribution in [2.75, 3.05) is 24.1 Å². The lowest BCUT2D eigenvalue weighted by atomic mass is 10.1. The molecule has 0 atom stereocenters. The van der Waals surface area contributed by atoms with E-state index in [1.54, 1.807) is 24.3 Å². The fraction of sp³-hybridized carbons (Fsp3) is 0.318. The molecule has 1 N–H and O–H groups in total. The molecule has 32 heavy (non-hydrogen) atoms. The van der Waals surface area contributed by atoms with E-state index in [4.69, 9.17) is 16.6 Å². The summed E-state index contributed by atoms with van der Waals surface area (Å²) in [5, 5.41) is 0.451. The summed E-state index contributed by atoms with van der Waals surface area (Å²) in [7, 11) is -1.59. The van der Waals surface area contributed by atoms with Crippen LogP contribution in [-0.4, -0.2) is 53.1 Å². The molecule has 0 bridgehead atoms. The zero-order valence-electron chi connectivity index (χ0n) is 17.9. The minimum absolute atomic E-state index is 0.00236. The van der Waals surface area contributed by atoms with Crippen LogP contribution < -0.4 is 4.72 Å². The van der Waals surface area contributed by atoms with E-state index in [0.717, 1.165) is 38.6 Å². The molecule has 1 aliphatic rings. The number of pyridine rings is 1. The third-order valence-corrected chi connectivity index (χ3v) is 6.21. The number of likely N-dealkylation sites (tertiary alicyclic amines) is 1. The first-order chi connectivity index (χ1) is 15.2. The molecule has 168 valence electrons. The van der Waals surface area contributed by atoms with Crippen LogP contribution in [0.4, 0.5) is 5.82 Å². The number of hydrogen-bond acceptors (Lipinski definition) is 5. The van der Waals surface area contributed by atoms with Gasteiger partial charge >= 0.3 is 0 Å². The molecule has 0 radical (unpaired) electrons. The van der Waals surface area contributed by atoms with E-state index in [0.29, 0.717) is 33.2 Å². The first kappa shape index (κ1) is 22.3. The highest BCUT2D eigenvalue weighted by molar-refractivity contribution is 7.92. The number of aromatic nitrogens is 3. The van der Waals surface area contributed by atoms with Crippen molar-refractivity contribution < 1.29 is 13.2 Å². The first-order valence-corrected chi connectivity index (χ1v) is 12.5. The minimum atomic E-state index is -3.44. The van der Waals surface area contributed by atoms with Gasteiger partial charge in [-0.3, -0.25) is 9.52 Å². The molecule has 1 aliphatic heterocycles. The van der Waals surface area contributed by atoms with E-state index in [1.807, 2.05) is 28.8 Å². The number of aryl methyl sites for hydroxylation is 1. The van der Waals surface area contributed by atoms with Crippen LogP contribution in [0.1, 0.15) is 29.6 Å². The summed E-state index contributed by atoms with van der Waals surface area (Å²) in [6.45, 7) is 1.56. The van der Waals surface area contributed by atoms with Crippen LogP contribution in [0.2, 0.25) is 5.02 Å². The van der Waals surface area contributed by atoms with Crippen molar-refractivity contribution >= 4 is 33.3 Å². The number of piperidine rings is 1. The number of imidazole rings is 1. The van der Waals surface area contributed by atoms with Gasteiger partial charge in [0, 0.05) is 49.2 Å². The molecule has 0 aliphatic carbocycles. The highest BCUT2D eigenvalue weighted by Gasteiger charge is 2.20. The average Bonchev–Trinajstić information content (AvgIpc) is 3.14. The summed E-state index contributed by atoms with van der Waals surface area (Å²) in [6, 6.07) is 8.67. The van der Waals surface area contributed by atoms with E-state index >= 15 is 0 Å². The van der Waals surface area contributed by atoms with Gasteiger partial charge in [0.05, 0.1) is 17.0 Å². The Morgan fingerprint density at radius 3 is 2.56 bits per heavy atom. The predicted molar refractivity (Wildman–Crippen MR) is 125 cm³/mol. The predicted octanol–water partition coefficient (Wildman–Crippen LogP) is 3.80. The average molecular weight is 474 g/mol. The second-order valence-electron chi connectivity index (χ2n) is 7.91. The Bertz CT molecular complexity index is 1270. The van der Waals surface area contributed by atoms with Crippen LogP contribution in [0.5, 0.6) is 0 Å². The van der Waals surface area contributed by atoms with Crippen molar-refractivity contribution in [2.24, 2.45) is 7.05 Å². The maximum Gasteiger partial charge on any atom is 0.253 e. The summed E-state index contributed by atoms with van der Waals surface area (Å²) >= 11 is 6.55. The molecule has 0 spiro atoms. The Kier molecular flexibility index (Phi) is 6.21. The van der Waals surface area contributed by atoms with Gasteiger partial charge < -0.3 is 9.47 Å². The third kappa shape index (κ3) is 4.94. The van der Waals surface area contributed by atoms with Crippen LogP contribution in [0.15, 0.2) is 42.7 Å². The van der Waals surface area contributed by atoms with Crippen molar-refractivity contribution in [1.29, 1.82) is 0 Å². The number of nitrogens with one attached hydrogen (secondary N) is 1. The molecule has 3 aromatic rings. The Hall–Kier alpha value is -2.91. The summed E-state index contributed by atoms with van der Waals surface area (Å²) < 4.78 is 27.2. The summed E-state index contributed by atoms with van der Waals surface area (Å²) in [6.07, 6.45) is 7.66. The number of amides is 1. The van der Waals surface area contributed by atoms with Crippen molar-refractivity contribution in [3.8, 4) is 22.6 Å². The van der Waals surface area contributed by atoms with Gasteiger partial charge in [-0.2, -0.15) is 0 Å². The number of nitrogens with zero attached hydrogens (tertiary/aromatic N) is 4. The summed E-state index contributed by atoms with van der Waals surface area (Å²) in [5.41, 5.74) is 2.64. The number of anilines is 1. The molecule has 1 fully saturated rings. The zero-order valence-corrected chi connectivity index (χ0v) is 19.4. The van der Waals surface area contributed by atoms with Crippen LogP contribution >= 0.6 is 11.6 Å². The van der Waals surface area contributed by atoms with Gasteiger partial charge in [-0.25, -0.2) is 18.4 Å². The third-order valence-electron chi connectivity index (χ3n) is 5.32. The fourth-order valence-electron chi connectivity index (χ4n) is 3.82. The molecule has 3 heterocycles. The standard InChI is InChI=1S/C22H24ClN5O3S/c1-27-14-19(25-21(27)15-8-9-24-20(13-15)26-32(2,30)31)17-7-6-16(12-18(17)23)22(29)28-10-4-3-5-11-28/h6-9,12-14H,3-5,10-11H2,1-2H3,(H,24,26). The summed E-state index contributed by atoms with van der Waals surface area (Å²) in [5.74, 6) is 0.846. The van der Waals surface area contributed by atoms with E-state index in [9.17, 15) is 13.2 Å². The highest BCUT2D eigenvalue weighted by Crippen LogP contribution is 2.31. The lowest BCUT2D eigenvalue weighted by molar-refractivity contribution is 0.0724. The molecule has 1 amide bonds. The van der Waals surface area contributed by atoms with Gasteiger partial charge in [0.2, 0.25) is 10.0 Å². The Morgan fingerprint density at radius 2 is 1.88 bits per heavy atom. The van der Waals surface area contributed by atoms with Gasteiger partial charge in [0.25, 0.3) is 5.91 Å². The monoisotopic (exact) mass is 473 g/mol. The van der Waals surface area contributed by atoms with Crippen molar-refractivity contribution in [1.82, 2.24) is 19.4 Å². The molecule has 1 aromatic carbocycles. The van der Waals surface area contributed by atoms with Gasteiger partial charge in [-0.1, -0.05) is 17.7 Å². The Labute approximate surface area is 192 Å². The van der Waals surface area contributed by atoms with Crippen LogP contribution in [0, 0.1) is 0 Å². The highest BCUT2D eigenvalue weighted by atomic mass is 35.5. The van der Waals surface area contributed by atoms with Crippen molar-refractivity contribution in [3.05, 3.63) is 53.3 Å². The molecule has 10 heteroatoms. The first-order valence-electron chi connectivity index (χ1n) is 10.3. The number of halogens is 1. The van der Waals surface area contributed by atoms with Crippen LogP contribution in [0.3, 0.4) is 0 Å². The minimum Gasteiger partial charge on any atom is -0.339 e. The second kappa shape index (κ2) is 8.91. The largest absolute Gasteiger partial charge is 0.339 e. The Balaban J connectivity index is 1.61. The van der Waals surface area contributed by atoms with Gasteiger partial charge in [-0.05, 0) is 43.5 Å². The van der Waals surface area contributed by atoms with Gasteiger partial charge in [0.15, 0.2) is 0 Å². The molecule has 1 saturated heterocycles. The number of hydrogen-bond donors (Lipinski definition) is 1. The molecule has 4 rings (SSSR count). The number of benzene rings is 1.